The SMILES string of the molecule is FC(F)(F)c1cccc(Cn2cccn2)c1Cl. The molecule has 1 aromatic carbocycles. The Hall–Kier alpha value is -1.49. The molecule has 2 aromatic rings. The number of hydrogen-bond donors (Lipinski definition) is 0. The van der Waals surface area contributed by atoms with E-state index in [4.69, 9.17) is 11.6 Å². The fourth-order valence-electron chi connectivity index (χ4n) is 1.49. The minimum absolute atomic E-state index is 0.218. The van der Waals surface area contributed by atoms with Gasteiger partial charge in [-0.1, -0.05) is 23.7 Å². The Morgan fingerprint density at radius 1 is 1.24 bits per heavy atom. The van der Waals surface area contributed by atoms with E-state index in [0.29, 0.717) is 5.56 Å². The Bertz CT molecular complexity index is 506. The van der Waals surface area contributed by atoms with Gasteiger partial charge >= 0.3 is 6.18 Å². The van der Waals surface area contributed by atoms with Crippen molar-refractivity contribution in [1.29, 1.82) is 0 Å². The van der Waals surface area contributed by atoms with Crippen LogP contribution in [0.15, 0.2) is 36.7 Å². The number of halogens is 4. The molecule has 0 atom stereocenters. The van der Waals surface area contributed by atoms with Crippen LogP contribution in [0.25, 0.3) is 0 Å². The third-order valence-electron chi connectivity index (χ3n) is 2.28. The van der Waals surface area contributed by atoms with E-state index in [2.05, 4.69) is 5.10 Å². The van der Waals surface area contributed by atoms with Gasteiger partial charge in [-0.3, -0.25) is 4.68 Å². The highest BCUT2D eigenvalue weighted by Crippen LogP contribution is 2.36. The second-order valence-electron chi connectivity index (χ2n) is 3.48. The van der Waals surface area contributed by atoms with Crippen molar-refractivity contribution in [3.8, 4) is 0 Å². The van der Waals surface area contributed by atoms with E-state index in [-0.39, 0.29) is 11.6 Å². The molecule has 0 aliphatic heterocycles. The van der Waals surface area contributed by atoms with Crippen LogP contribution in [-0.4, -0.2) is 9.78 Å². The van der Waals surface area contributed by atoms with Crippen LogP contribution in [0.5, 0.6) is 0 Å². The van der Waals surface area contributed by atoms with Crippen LogP contribution in [0, 0.1) is 0 Å². The maximum absolute atomic E-state index is 12.6. The van der Waals surface area contributed by atoms with E-state index in [1.54, 1.807) is 24.5 Å². The maximum Gasteiger partial charge on any atom is 0.417 e. The molecule has 0 saturated carbocycles. The summed E-state index contributed by atoms with van der Waals surface area (Å²) in [5, 5.41) is 3.65. The normalized spacial score (nSPS) is 11.8. The largest absolute Gasteiger partial charge is 0.417 e. The zero-order chi connectivity index (χ0) is 12.5. The third kappa shape index (κ3) is 2.61. The highest BCUT2D eigenvalue weighted by atomic mass is 35.5. The van der Waals surface area contributed by atoms with Crippen molar-refractivity contribution in [2.45, 2.75) is 12.7 Å². The number of benzene rings is 1. The average Bonchev–Trinajstić information content (AvgIpc) is 2.72. The topological polar surface area (TPSA) is 17.8 Å². The van der Waals surface area contributed by atoms with E-state index in [1.165, 1.54) is 10.7 Å². The van der Waals surface area contributed by atoms with Gasteiger partial charge in [0.25, 0.3) is 0 Å². The molecule has 0 amide bonds. The zero-order valence-electron chi connectivity index (χ0n) is 8.58. The summed E-state index contributed by atoms with van der Waals surface area (Å²) in [6, 6.07) is 5.56. The standard InChI is InChI=1S/C11H8ClF3N2/c12-10-8(7-17-6-2-5-16-17)3-1-4-9(10)11(13,14)15/h1-6H,7H2. The molecule has 0 unspecified atom stereocenters. The molecule has 1 aromatic heterocycles. The minimum Gasteiger partial charge on any atom is -0.268 e. The first-order chi connectivity index (χ1) is 7.98. The minimum atomic E-state index is -4.43. The summed E-state index contributed by atoms with van der Waals surface area (Å²) >= 11 is 5.75. The molecule has 2 rings (SSSR count). The lowest BCUT2D eigenvalue weighted by molar-refractivity contribution is -0.137. The summed E-state index contributed by atoms with van der Waals surface area (Å²) in [5.41, 5.74) is -0.422. The first-order valence-corrected chi connectivity index (χ1v) is 5.18. The van der Waals surface area contributed by atoms with Crippen LogP contribution in [0.2, 0.25) is 5.02 Å². The van der Waals surface area contributed by atoms with Gasteiger partial charge in [0.2, 0.25) is 0 Å². The van der Waals surface area contributed by atoms with Gasteiger partial charge in [0.1, 0.15) is 0 Å². The van der Waals surface area contributed by atoms with Gasteiger partial charge in [0, 0.05) is 12.4 Å². The van der Waals surface area contributed by atoms with Crippen LogP contribution < -0.4 is 0 Å². The lowest BCUT2D eigenvalue weighted by atomic mass is 10.1. The molecule has 0 N–H and O–H groups in total. The fraction of sp³-hybridized carbons (Fsp3) is 0.182. The number of alkyl halides is 3. The second-order valence-corrected chi connectivity index (χ2v) is 3.86. The molecule has 2 nitrogen and oxygen atoms in total. The summed E-state index contributed by atoms with van der Waals surface area (Å²) in [7, 11) is 0. The Kier molecular flexibility index (Phi) is 3.11. The first-order valence-electron chi connectivity index (χ1n) is 4.80. The second kappa shape index (κ2) is 4.41. The number of nitrogens with zero attached hydrogens (tertiary/aromatic N) is 2. The smallest absolute Gasteiger partial charge is 0.268 e. The molecule has 0 fully saturated rings. The summed E-state index contributed by atoms with van der Waals surface area (Å²) in [6.45, 7) is 0.218. The average molecular weight is 261 g/mol. The Balaban J connectivity index is 2.36. The monoisotopic (exact) mass is 260 g/mol. The lowest BCUT2D eigenvalue weighted by Gasteiger charge is -2.12. The summed E-state index contributed by atoms with van der Waals surface area (Å²) < 4.78 is 39.3. The van der Waals surface area contributed by atoms with Crippen molar-refractivity contribution < 1.29 is 13.2 Å². The van der Waals surface area contributed by atoms with Crippen LogP contribution in [0.3, 0.4) is 0 Å². The maximum atomic E-state index is 12.6. The molecular weight excluding hydrogens is 253 g/mol. The molecule has 1 heterocycles. The third-order valence-corrected chi connectivity index (χ3v) is 2.72. The summed E-state index contributed by atoms with van der Waals surface area (Å²) in [5.74, 6) is 0. The van der Waals surface area contributed by atoms with Crippen molar-refractivity contribution in [2.24, 2.45) is 0 Å². The van der Waals surface area contributed by atoms with Crippen molar-refractivity contribution in [3.63, 3.8) is 0 Å². The predicted molar refractivity (Wildman–Crippen MR) is 57.8 cm³/mol. The van der Waals surface area contributed by atoms with Crippen molar-refractivity contribution in [2.75, 3.05) is 0 Å². The number of aromatic nitrogens is 2. The molecule has 6 heteroatoms. The summed E-state index contributed by atoms with van der Waals surface area (Å²) in [4.78, 5) is 0. The van der Waals surface area contributed by atoms with Crippen molar-refractivity contribution in [3.05, 3.63) is 52.8 Å². The highest BCUT2D eigenvalue weighted by Gasteiger charge is 2.33. The molecule has 0 bridgehead atoms. The van der Waals surface area contributed by atoms with Crippen molar-refractivity contribution >= 4 is 11.6 Å². The predicted octanol–water partition coefficient (Wildman–Crippen LogP) is 3.60. The Morgan fingerprint density at radius 2 is 2.00 bits per heavy atom. The Morgan fingerprint density at radius 3 is 2.59 bits per heavy atom. The Labute approximate surface area is 101 Å². The van der Waals surface area contributed by atoms with E-state index in [1.807, 2.05) is 0 Å². The van der Waals surface area contributed by atoms with Crippen LogP contribution in [-0.2, 0) is 12.7 Å². The molecule has 90 valence electrons. The van der Waals surface area contributed by atoms with Gasteiger partial charge in [-0.25, -0.2) is 0 Å². The molecule has 17 heavy (non-hydrogen) atoms. The van der Waals surface area contributed by atoms with E-state index >= 15 is 0 Å². The number of rotatable bonds is 2. The quantitative estimate of drug-likeness (QED) is 0.807. The van der Waals surface area contributed by atoms with Crippen LogP contribution in [0.1, 0.15) is 11.1 Å². The fourth-order valence-corrected chi connectivity index (χ4v) is 1.78. The van der Waals surface area contributed by atoms with E-state index in [0.717, 1.165) is 6.07 Å². The van der Waals surface area contributed by atoms with Crippen molar-refractivity contribution in [1.82, 2.24) is 9.78 Å². The van der Waals surface area contributed by atoms with Gasteiger partial charge in [-0.05, 0) is 17.7 Å². The van der Waals surface area contributed by atoms with Gasteiger partial charge in [-0.2, -0.15) is 18.3 Å². The zero-order valence-corrected chi connectivity index (χ0v) is 9.33. The molecule has 0 aliphatic rings. The highest BCUT2D eigenvalue weighted by molar-refractivity contribution is 6.32. The van der Waals surface area contributed by atoms with Gasteiger partial charge < -0.3 is 0 Å². The molecule has 0 aliphatic carbocycles. The molecular formula is C11H8ClF3N2. The molecule has 0 spiro atoms. The van der Waals surface area contributed by atoms with Crippen LogP contribution >= 0.6 is 11.6 Å². The number of hydrogen-bond acceptors (Lipinski definition) is 1. The van der Waals surface area contributed by atoms with E-state index in [9.17, 15) is 13.2 Å². The van der Waals surface area contributed by atoms with Crippen LogP contribution in [0.4, 0.5) is 13.2 Å². The van der Waals surface area contributed by atoms with E-state index < -0.39 is 11.7 Å². The first kappa shape index (κ1) is 12.0. The molecule has 0 radical (unpaired) electrons. The van der Waals surface area contributed by atoms with Gasteiger partial charge in [-0.15, -0.1) is 0 Å². The lowest BCUT2D eigenvalue weighted by Crippen LogP contribution is -2.08. The summed E-state index contributed by atoms with van der Waals surface area (Å²) in [6.07, 6.45) is -1.21. The van der Waals surface area contributed by atoms with Gasteiger partial charge in [0.05, 0.1) is 17.1 Å². The van der Waals surface area contributed by atoms with Gasteiger partial charge in [0.15, 0.2) is 0 Å². The molecule has 0 saturated heterocycles.